The predicted molar refractivity (Wildman–Crippen MR) is 171 cm³/mol. The molecule has 9 heteroatoms. The van der Waals surface area contributed by atoms with E-state index in [0.29, 0.717) is 45.6 Å². The minimum Gasteiger partial charge on any atom is -0.493 e. The monoisotopic (exact) mass is 605 g/mol. The van der Waals surface area contributed by atoms with Crippen LogP contribution in [0, 0.1) is 5.92 Å². The van der Waals surface area contributed by atoms with Gasteiger partial charge < -0.3 is 24.1 Å². The molecule has 9 nitrogen and oxygen atoms in total. The van der Waals surface area contributed by atoms with E-state index in [1.54, 1.807) is 0 Å². The van der Waals surface area contributed by atoms with Crippen molar-refractivity contribution in [2.45, 2.75) is 64.0 Å². The first-order valence-electron chi connectivity index (χ1n) is 16.2. The largest absolute Gasteiger partial charge is 0.493 e. The number of likely N-dealkylation sites (tertiary alicyclic amines) is 2. The smallest absolute Gasteiger partial charge is 0.308 e. The van der Waals surface area contributed by atoms with Gasteiger partial charge in [0.1, 0.15) is 12.3 Å². The molecule has 0 aliphatic carbocycles. The summed E-state index contributed by atoms with van der Waals surface area (Å²) < 4.78 is 6.50. The standard InChI is InChI=1S/C35H48N4O5/c1-5-6-17-38(28-10-7-9-25(20-28)24-39(2,3)4)33(41)23-37-22-29(26-12-13-31-27(21-26)15-19-44-31)34(35(42)43)30(37)14-18-36-16-8-11-32(36)40/h7,9-10,12-13,20-21,29-30,34H,5-6,8,11,14-19,22-24H2,1-4H3/p+1/t29-,30+,34?/m1/s1. The Labute approximate surface area is 262 Å². The lowest BCUT2D eigenvalue weighted by Gasteiger charge is -2.31. The minimum atomic E-state index is -0.852. The van der Waals surface area contributed by atoms with Gasteiger partial charge in [-0.2, -0.15) is 0 Å². The molecule has 2 saturated heterocycles. The van der Waals surface area contributed by atoms with Gasteiger partial charge in [0.05, 0.1) is 40.2 Å². The highest BCUT2D eigenvalue weighted by molar-refractivity contribution is 5.95. The van der Waals surface area contributed by atoms with Crippen molar-refractivity contribution in [3.63, 3.8) is 0 Å². The first kappa shape index (κ1) is 32.0. The zero-order chi connectivity index (χ0) is 31.4. The lowest BCUT2D eigenvalue weighted by atomic mass is 9.83. The van der Waals surface area contributed by atoms with E-state index in [9.17, 15) is 19.5 Å². The number of aliphatic carboxylic acids is 1. The molecule has 5 rings (SSSR count). The normalized spacial score (nSPS) is 21.9. The molecule has 0 spiro atoms. The summed E-state index contributed by atoms with van der Waals surface area (Å²) in [5.41, 5.74) is 4.15. The molecule has 2 fully saturated rings. The Bertz CT molecular complexity index is 1350. The number of unbranched alkanes of at least 4 members (excludes halogenated alkanes) is 1. The first-order valence-corrected chi connectivity index (χ1v) is 16.2. The minimum absolute atomic E-state index is 0.0183. The maximum absolute atomic E-state index is 14.2. The van der Waals surface area contributed by atoms with Crippen LogP contribution in [0.3, 0.4) is 0 Å². The van der Waals surface area contributed by atoms with E-state index in [-0.39, 0.29) is 30.3 Å². The number of hydrogen-bond donors (Lipinski definition) is 1. The molecule has 0 radical (unpaired) electrons. The van der Waals surface area contributed by atoms with Crippen LogP contribution in [0.25, 0.3) is 0 Å². The quantitative estimate of drug-likeness (QED) is 0.345. The van der Waals surface area contributed by atoms with Gasteiger partial charge in [0, 0.05) is 62.2 Å². The molecule has 3 aliphatic rings. The fraction of sp³-hybridized carbons (Fsp3) is 0.571. The van der Waals surface area contributed by atoms with E-state index in [4.69, 9.17) is 4.74 Å². The summed E-state index contributed by atoms with van der Waals surface area (Å²) in [4.78, 5) is 45.4. The van der Waals surface area contributed by atoms with Crippen LogP contribution in [0.15, 0.2) is 42.5 Å². The number of quaternary nitrogens is 1. The maximum atomic E-state index is 14.2. The summed E-state index contributed by atoms with van der Waals surface area (Å²) in [6.45, 7) is 6.06. The van der Waals surface area contributed by atoms with Crippen LogP contribution in [0.2, 0.25) is 0 Å². The highest BCUT2D eigenvalue weighted by Gasteiger charge is 2.47. The van der Waals surface area contributed by atoms with E-state index in [0.717, 1.165) is 59.3 Å². The second-order valence-corrected chi connectivity index (χ2v) is 13.7. The van der Waals surface area contributed by atoms with Crippen LogP contribution in [0.4, 0.5) is 5.69 Å². The molecule has 238 valence electrons. The summed E-state index contributed by atoms with van der Waals surface area (Å²) in [6, 6.07) is 13.9. The second kappa shape index (κ2) is 13.7. The molecule has 0 bridgehead atoms. The number of amides is 2. The average Bonchev–Trinajstić information content (AvgIpc) is 3.69. The van der Waals surface area contributed by atoms with Gasteiger partial charge in [-0.25, -0.2) is 0 Å². The van der Waals surface area contributed by atoms with E-state index < -0.39 is 11.9 Å². The van der Waals surface area contributed by atoms with Gasteiger partial charge in [0.25, 0.3) is 0 Å². The fourth-order valence-corrected chi connectivity index (χ4v) is 7.20. The van der Waals surface area contributed by atoms with Gasteiger partial charge in [0.15, 0.2) is 0 Å². The number of anilines is 1. The van der Waals surface area contributed by atoms with Gasteiger partial charge in [0.2, 0.25) is 11.8 Å². The third-order valence-corrected chi connectivity index (χ3v) is 9.30. The highest BCUT2D eigenvalue weighted by Crippen LogP contribution is 2.41. The van der Waals surface area contributed by atoms with Crippen LogP contribution >= 0.6 is 0 Å². The van der Waals surface area contributed by atoms with Gasteiger partial charge >= 0.3 is 5.97 Å². The molecular weight excluding hydrogens is 556 g/mol. The van der Waals surface area contributed by atoms with E-state index in [2.05, 4.69) is 51.2 Å². The predicted octanol–water partition coefficient (Wildman–Crippen LogP) is 4.14. The first-order chi connectivity index (χ1) is 21.0. The SMILES string of the molecule is CCCCN(C(=O)CN1C[C@H](c2ccc3c(c2)CCO3)C(C(=O)O)[C@@H]1CCN1CCCC1=O)c1cccc(C[N+](C)(C)C)c1. The molecule has 2 amide bonds. The Morgan fingerprint density at radius 1 is 1.11 bits per heavy atom. The van der Waals surface area contributed by atoms with Crippen LogP contribution in [0.1, 0.15) is 61.6 Å². The zero-order valence-corrected chi connectivity index (χ0v) is 26.8. The topological polar surface area (TPSA) is 90.4 Å². The third-order valence-electron chi connectivity index (χ3n) is 9.30. The number of rotatable bonds is 13. The Morgan fingerprint density at radius 2 is 1.93 bits per heavy atom. The molecule has 3 heterocycles. The molecule has 2 aromatic carbocycles. The lowest BCUT2D eigenvalue weighted by Crippen LogP contribution is -2.45. The Balaban J connectivity index is 1.42. The van der Waals surface area contributed by atoms with Crippen molar-refractivity contribution in [3.05, 3.63) is 59.2 Å². The van der Waals surface area contributed by atoms with E-state index >= 15 is 0 Å². The Morgan fingerprint density at radius 3 is 2.64 bits per heavy atom. The van der Waals surface area contributed by atoms with Crippen LogP contribution in [-0.2, 0) is 27.3 Å². The fourth-order valence-electron chi connectivity index (χ4n) is 7.20. The molecule has 1 unspecified atom stereocenters. The lowest BCUT2D eigenvalue weighted by molar-refractivity contribution is -0.884. The number of nitrogens with zero attached hydrogens (tertiary/aromatic N) is 4. The summed E-state index contributed by atoms with van der Waals surface area (Å²) in [5, 5.41) is 10.6. The number of carboxylic acid groups (broad SMARTS) is 1. The van der Waals surface area contributed by atoms with E-state index in [1.807, 2.05) is 34.1 Å². The molecule has 3 atom stereocenters. The molecule has 3 aliphatic heterocycles. The van der Waals surface area contributed by atoms with Gasteiger partial charge in [-0.05, 0) is 48.6 Å². The van der Waals surface area contributed by atoms with Crippen molar-refractivity contribution >= 4 is 23.5 Å². The van der Waals surface area contributed by atoms with Crippen molar-refractivity contribution in [3.8, 4) is 5.75 Å². The van der Waals surface area contributed by atoms with Crippen molar-refractivity contribution in [2.24, 2.45) is 5.92 Å². The number of hydrogen-bond acceptors (Lipinski definition) is 5. The Hall–Kier alpha value is -3.43. The summed E-state index contributed by atoms with van der Waals surface area (Å²) >= 11 is 0. The number of ether oxygens (including phenoxy) is 1. The summed E-state index contributed by atoms with van der Waals surface area (Å²) in [7, 11) is 6.46. The molecule has 0 saturated carbocycles. The zero-order valence-electron chi connectivity index (χ0n) is 26.8. The second-order valence-electron chi connectivity index (χ2n) is 13.7. The van der Waals surface area contributed by atoms with Crippen molar-refractivity contribution in [2.75, 3.05) is 65.4 Å². The number of fused-ring (bicyclic) bond motifs is 1. The molecule has 0 aromatic heterocycles. The van der Waals surface area contributed by atoms with Gasteiger partial charge in [-0.3, -0.25) is 19.3 Å². The number of carbonyl (C=O) groups is 3. The van der Waals surface area contributed by atoms with Crippen molar-refractivity contribution < 1.29 is 28.7 Å². The number of carbonyl (C=O) groups excluding carboxylic acids is 2. The number of benzene rings is 2. The molecule has 44 heavy (non-hydrogen) atoms. The highest BCUT2D eigenvalue weighted by atomic mass is 16.5. The Kier molecular flexibility index (Phi) is 9.95. The summed E-state index contributed by atoms with van der Waals surface area (Å²) in [5.74, 6) is -0.813. The molecule has 2 aromatic rings. The van der Waals surface area contributed by atoms with Gasteiger partial charge in [-0.1, -0.05) is 37.6 Å². The number of carboxylic acids is 1. The van der Waals surface area contributed by atoms with E-state index in [1.165, 1.54) is 5.56 Å². The van der Waals surface area contributed by atoms with Crippen molar-refractivity contribution in [1.82, 2.24) is 9.80 Å². The van der Waals surface area contributed by atoms with Crippen LogP contribution < -0.4 is 9.64 Å². The maximum Gasteiger partial charge on any atom is 0.308 e. The molecular formula is C35H49N4O5+. The van der Waals surface area contributed by atoms with Crippen molar-refractivity contribution in [1.29, 1.82) is 0 Å². The summed E-state index contributed by atoms with van der Waals surface area (Å²) in [6.07, 6.45) is 4.57. The van der Waals surface area contributed by atoms with Crippen LogP contribution in [-0.4, -0.2) is 104 Å². The molecule has 1 N–H and O–H groups in total. The third kappa shape index (κ3) is 7.44. The van der Waals surface area contributed by atoms with Crippen LogP contribution in [0.5, 0.6) is 5.75 Å². The van der Waals surface area contributed by atoms with Gasteiger partial charge in [-0.15, -0.1) is 0 Å². The average molecular weight is 606 g/mol.